The lowest BCUT2D eigenvalue weighted by atomic mass is 10.1. The number of nitrogens with two attached hydrogens (primary N) is 1. The molecule has 0 aliphatic carbocycles. The lowest BCUT2D eigenvalue weighted by molar-refractivity contribution is 0.483. The van der Waals surface area contributed by atoms with E-state index in [4.69, 9.17) is 10.3 Å². The molecule has 0 heterocycles. The van der Waals surface area contributed by atoms with Crippen LogP contribution in [0.1, 0.15) is 12.5 Å². The Morgan fingerprint density at radius 2 is 1.86 bits per heavy atom. The molecule has 0 spiro atoms. The first-order valence-corrected chi connectivity index (χ1v) is 5.65. The van der Waals surface area contributed by atoms with Crippen LogP contribution in [0.15, 0.2) is 29.2 Å². The quantitative estimate of drug-likeness (QED) is 0.731. The van der Waals surface area contributed by atoms with E-state index in [0.717, 1.165) is 5.56 Å². The van der Waals surface area contributed by atoms with Gasteiger partial charge in [-0.25, -0.2) is 0 Å². The van der Waals surface area contributed by atoms with Crippen LogP contribution in [0, 0.1) is 0 Å². The van der Waals surface area contributed by atoms with Crippen LogP contribution in [-0.4, -0.2) is 19.0 Å². The zero-order valence-corrected chi connectivity index (χ0v) is 8.66. The molecule has 1 atom stereocenters. The molecule has 1 unspecified atom stereocenters. The molecule has 0 bridgehead atoms. The van der Waals surface area contributed by atoms with Gasteiger partial charge in [-0.1, -0.05) is 12.1 Å². The minimum atomic E-state index is -4.08. The molecule has 0 saturated carbocycles. The van der Waals surface area contributed by atoms with E-state index >= 15 is 0 Å². The largest absolute Gasteiger partial charge is 0.328 e. The third kappa shape index (κ3) is 3.10. The third-order valence-corrected chi connectivity index (χ3v) is 2.65. The number of hydrogen-bond donors (Lipinski definition) is 2. The molecule has 0 saturated heterocycles. The molecule has 0 aromatic heterocycles. The average molecular weight is 215 g/mol. The summed E-state index contributed by atoms with van der Waals surface area (Å²) < 4.78 is 30.1. The fourth-order valence-corrected chi connectivity index (χ4v) is 1.65. The van der Waals surface area contributed by atoms with Crippen molar-refractivity contribution >= 4 is 10.1 Å². The van der Waals surface area contributed by atoms with E-state index in [1.165, 1.54) is 12.1 Å². The van der Waals surface area contributed by atoms with E-state index < -0.39 is 10.1 Å². The Labute approximate surface area is 83.5 Å². The van der Waals surface area contributed by atoms with Crippen molar-refractivity contribution in [3.8, 4) is 0 Å². The maximum absolute atomic E-state index is 10.7. The van der Waals surface area contributed by atoms with Crippen molar-refractivity contribution in [1.29, 1.82) is 0 Å². The predicted molar refractivity (Wildman–Crippen MR) is 53.6 cm³/mol. The van der Waals surface area contributed by atoms with Gasteiger partial charge in [0.1, 0.15) is 0 Å². The van der Waals surface area contributed by atoms with Gasteiger partial charge in [0.15, 0.2) is 0 Å². The molecule has 78 valence electrons. The number of benzene rings is 1. The summed E-state index contributed by atoms with van der Waals surface area (Å²) in [7, 11) is -4.08. The summed E-state index contributed by atoms with van der Waals surface area (Å²) in [5.41, 5.74) is 6.53. The molecular formula is C9H13NO3S. The molecular weight excluding hydrogens is 202 g/mol. The molecule has 0 radical (unpaired) electrons. The van der Waals surface area contributed by atoms with Gasteiger partial charge in [-0.3, -0.25) is 4.55 Å². The maximum Gasteiger partial charge on any atom is 0.294 e. The normalized spacial score (nSPS) is 13.9. The van der Waals surface area contributed by atoms with Crippen molar-refractivity contribution in [3.63, 3.8) is 0 Å². The summed E-state index contributed by atoms with van der Waals surface area (Å²) in [6.45, 7) is 1.87. The molecule has 1 aromatic rings. The fourth-order valence-electron chi connectivity index (χ4n) is 1.17. The smallest absolute Gasteiger partial charge is 0.294 e. The summed E-state index contributed by atoms with van der Waals surface area (Å²) in [5.74, 6) is 0. The second kappa shape index (κ2) is 4.08. The number of hydrogen-bond acceptors (Lipinski definition) is 3. The Kier molecular flexibility index (Phi) is 3.25. The van der Waals surface area contributed by atoms with Crippen LogP contribution in [-0.2, 0) is 16.5 Å². The van der Waals surface area contributed by atoms with Crippen LogP contribution in [0.3, 0.4) is 0 Å². The van der Waals surface area contributed by atoms with Gasteiger partial charge in [-0.05, 0) is 31.0 Å². The van der Waals surface area contributed by atoms with Gasteiger partial charge in [0.05, 0.1) is 4.90 Å². The van der Waals surface area contributed by atoms with Gasteiger partial charge >= 0.3 is 0 Å². The lowest BCUT2D eigenvalue weighted by Gasteiger charge is -2.05. The molecule has 1 rings (SSSR count). The van der Waals surface area contributed by atoms with Crippen molar-refractivity contribution < 1.29 is 13.0 Å². The van der Waals surface area contributed by atoms with Crippen LogP contribution in [0.25, 0.3) is 0 Å². The van der Waals surface area contributed by atoms with Gasteiger partial charge in [0.2, 0.25) is 0 Å². The van der Waals surface area contributed by atoms with Gasteiger partial charge in [0, 0.05) is 6.04 Å². The molecule has 1 aromatic carbocycles. The predicted octanol–water partition coefficient (Wildman–Crippen LogP) is 0.823. The third-order valence-electron chi connectivity index (χ3n) is 1.78. The van der Waals surface area contributed by atoms with E-state index in [2.05, 4.69) is 0 Å². The van der Waals surface area contributed by atoms with E-state index in [9.17, 15) is 8.42 Å². The van der Waals surface area contributed by atoms with Gasteiger partial charge in [-0.2, -0.15) is 8.42 Å². The summed E-state index contributed by atoms with van der Waals surface area (Å²) in [6, 6.07) is 6.06. The highest BCUT2D eigenvalue weighted by Gasteiger charge is 2.08. The molecule has 3 N–H and O–H groups in total. The minimum absolute atomic E-state index is 0.0339. The fraction of sp³-hybridized carbons (Fsp3) is 0.333. The lowest BCUT2D eigenvalue weighted by Crippen LogP contribution is -2.17. The Bertz CT molecular complexity index is 395. The van der Waals surface area contributed by atoms with Gasteiger partial charge in [-0.15, -0.1) is 0 Å². The molecule has 5 heteroatoms. The molecule has 0 aliphatic heterocycles. The van der Waals surface area contributed by atoms with E-state index in [0.29, 0.717) is 6.42 Å². The molecule has 0 aliphatic rings. The standard InChI is InChI=1S/C9H13NO3S/c1-7(10)6-8-2-4-9(5-3-8)14(11,12)13/h2-5,7H,6,10H2,1H3,(H,11,12,13). The molecule has 0 amide bonds. The molecule has 14 heavy (non-hydrogen) atoms. The highest BCUT2D eigenvalue weighted by atomic mass is 32.2. The topological polar surface area (TPSA) is 80.4 Å². The Hall–Kier alpha value is -0.910. The van der Waals surface area contributed by atoms with Crippen molar-refractivity contribution in [2.45, 2.75) is 24.3 Å². The van der Waals surface area contributed by atoms with Gasteiger partial charge in [0.25, 0.3) is 10.1 Å². The van der Waals surface area contributed by atoms with Crippen LogP contribution >= 0.6 is 0 Å². The van der Waals surface area contributed by atoms with Crippen molar-refractivity contribution in [2.75, 3.05) is 0 Å². The zero-order valence-electron chi connectivity index (χ0n) is 7.84. The summed E-state index contributed by atoms with van der Waals surface area (Å²) in [6.07, 6.45) is 0.686. The average Bonchev–Trinajstić information content (AvgIpc) is 2.02. The highest BCUT2D eigenvalue weighted by Crippen LogP contribution is 2.10. The first-order chi connectivity index (χ1) is 6.39. The van der Waals surface area contributed by atoms with E-state index in [1.807, 2.05) is 6.92 Å². The van der Waals surface area contributed by atoms with Crippen LogP contribution < -0.4 is 5.73 Å². The minimum Gasteiger partial charge on any atom is -0.328 e. The zero-order chi connectivity index (χ0) is 10.8. The Morgan fingerprint density at radius 3 is 2.21 bits per heavy atom. The van der Waals surface area contributed by atoms with Crippen LogP contribution in [0.2, 0.25) is 0 Å². The highest BCUT2D eigenvalue weighted by molar-refractivity contribution is 7.85. The summed E-state index contributed by atoms with van der Waals surface area (Å²) in [5, 5.41) is 0. The summed E-state index contributed by atoms with van der Waals surface area (Å²) in [4.78, 5) is -0.0917. The molecule has 0 fully saturated rings. The summed E-state index contributed by atoms with van der Waals surface area (Å²) >= 11 is 0. The van der Waals surface area contributed by atoms with Crippen molar-refractivity contribution in [2.24, 2.45) is 5.73 Å². The Balaban J connectivity index is 2.90. The molecule has 4 nitrogen and oxygen atoms in total. The van der Waals surface area contributed by atoms with Crippen LogP contribution in [0.4, 0.5) is 0 Å². The SMILES string of the molecule is CC(N)Cc1ccc(S(=O)(=O)O)cc1. The van der Waals surface area contributed by atoms with E-state index in [-0.39, 0.29) is 10.9 Å². The van der Waals surface area contributed by atoms with Crippen LogP contribution in [0.5, 0.6) is 0 Å². The second-order valence-corrected chi connectivity index (χ2v) is 4.72. The van der Waals surface area contributed by atoms with Crippen molar-refractivity contribution in [1.82, 2.24) is 0 Å². The second-order valence-electron chi connectivity index (χ2n) is 3.30. The first kappa shape index (κ1) is 11.2. The number of rotatable bonds is 3. The van der Waals surface area contributed by atoms with Gasteiger partial charge < -0.3 is 5.73 Å². The van der Waals surface area contributed by atoms with E-state index in [1.54, 1.807) is 12.1 Å². The first-order valence-electron chi connectivity index (χ1n) is 4.21. The maximum atomic E-state index is 10.7. The monoisotopic (exact) mass is 215 g/mol. The van der Waals surface area contributed by atoms with Crippen molar-refractivity contribution in [3.05, 3.63) is 29.8 Å². The Morgan fingerprint density at radius 1 is 1.36 bits per heavy atom.